The van der Waals surface area contributed by atoms with Gasteiger partial charge >= 0.3 is 6.61 Å². The van der Waals surface area contributed by atoms with Crippen LogP contribution in [0, 0.1) is 0 Å². The van der Waals surface area contributed by atoms with Gasteiger partial charge in [-0.15, -0.1) is 0 Å². The summed E-state index contributed by atoms with van der Waals surface area (Å²) in [5.41, 5.74) is 1.40. The first kappa shape index (κ1) is 14.0. The molecule has 0 aliphatic heterocycles. The lowest BCUT2D eigenvalue weighted by Gasteiger charge is -2.09. The number of hydrogen-bond acceptors (Lipinski definition) is 4. The molecule has 0 radical (unpaired) electrons. The molecule has 1 heterocycles. The molecule has 0 spiro atoms. The average molecular weight is 281 g/mol. The molecule has 0 aliphatic rings. The van der Waals surface area contributed by atoms with Crippen molar-refractivity contribution in [3.8, 4) is 28.5 Å². The third-order valence-corrected chi connectivity index (χ3v) is 2.64. The van der Waals surface area contributed by atoms with E-state index in [0.29, 0.717) is 17.2 Å². The number of hydrogen-bond donors (Lipinski definition) is 0. The van der Waals surface area contributed by atoms with Crippen molar-refractivity contribution in [3.05, 3.63) is 36.5 Å². The summed E-state index contributed by atoms with van der Waals surface area (Å²) in [7, 11) is 3.08. The molecule has 2 aromatic rings. The van der Waals surface area contributed by atoms with Crippen LogP contribution < -0.4 is 14.2 Å². The van der Waals surface area contributed by atoms with E-state index < -0.39 is 6.61 Å². The van der Waals surface area contributed by atoms with Crippen LogP contribution in [0.4, 0.5) is 8.78 Å². The number of halogens is 2. The largest absolute Gasteiger partial charge is 0.493 e. The number of benzene rings is 1. The Bertz CT molecular complexity index is 573. The van der Waals surface area contributed by atoms with Crippen molar-refractivity contribution >= 4 is 0 Å². The van der Waals surface area contributed by atoms with Crippen molar-refractivity contribution in [1.29, 1.82) is 0 Å². The summed E-state index contributed by atoms with van der Waals surface area (Å²) in [5.74, 6) is 1.19. The van der Waals surface area contributed by atoms with Crippen LogP contribution in [0.1, 0.15) is 0 Å². The van der Waals surface area contributed by atoms with E-state index in [1.807, 2.05) is 0 Å². The molecule has 0 aliphatic carbocycles. The zero-order valence-electron chi connectivity index (χ0n) is 11.0. The molecule has 0 amide bonds. The van der Waals surface area contributed by atoms with E-state index in [-0.39, 0.29) is 5.75 Å². The molecule has 2 rings (SSSR count). The molecule has 0 saturated carbocycles. The Labute approximate surface area is 114 Å². The summed E-state index contributed by atoms with van der Waals surface area (Å²) in [6.07, 6.45) is 1.25. The molecule has 0 unspecified atom stereocenters. The van der Waals surface area contributed by atoms with E-state index in [9.17, 15) is 8.78 Å². The van der Waals surface area contributed by atoms with Crippen molar-refractivity contribution in [3.63, 3.8) is 0 Å². The number of ether oxygens (including phenoxy) is 3. The van der Waals surface area contributed by atoms with Crippen LogP contribution in [-0.4, -0.2) is 25.8 Å². The quantitative estimate of drug-likeness (QED) is 0.842. The number of methoxy groups -OCH3 is 2. The maximum absolute atomic E-state index is 12.0. The predicted octanol–water partition coefficient (Wildman–Crippen LogP) is 3.37. The van der Waals surface area contributed by atoms with Crippen molar-refractivity contribution in [2.45, 2.75) is 6.61 Å². The van der Waals surface area contributed by atoms with Crippen LogP contribution in [0.15, 0.2) is 36.5 Å². The summed E-state index contributed by atoms with van der Waals surface area (Å²) < 4.78 is 38.7. The number of nitrogens with zero attached hydrogens (tertiary/aromatic N) is 1. The molecule has 0 bridgehead atoms. The molecule has 1 aromatic heterocycles. The molecule has 6 heteroatoms. The Hall–Kier alpha value is -2.37. The van der Waals surface area contributed by atoms with E-state index >= 15 is 0 Å². The number of alkyl halides is 2. The monoisotopic (exact) mass is 281 g/mol. The second-order valence-electron chi connectivity index (χ2n) is 3.83. The molecular formula is C14H13F2NO3. The first-order valence-electron chi connectivity index (χ1n) is 5.77. The van der Waals surface area contributed by atoms with Crippen LogP contribution in [0.2, 0.25) is 0 Å². The Morgan fingerprint density at radius 1 is 1.00 bits per heavy atom. The minimum Gasteiger partial charge on any atom is -0.493 e. The Morgan fingerprint density at radius 2 is 1.75 bits per heavy atom. The topological polar surface area (TPSA) is 40.6 Å². The maximum Gasteiger partial charge on any atom is 0.387 e. The van der Waals surface area contributed by atoms with E-state index in [1.165, 1.54) is 19.4 Å². The van der Waals surface area contributed by atoms with Crippen LogP contribution in [-0.2, 0) is 0 Å². The summed E-state index contributed by atoms with van der Waals surface area (Å²) in [5, 5.41) is 0. The van der Waals surface area contributed by atoms with Gasteiger partial charge < -0.3 is 14.2 Å². The van der Waals surface area contributed by atoms with Gasteiger partial charge in [0, 0.05) is 5.56 Å². The molecule has 0 fully saturated rings. The summed E-state index contributed by atoms with van der Waals surface area (Å²) in [6.45, 7) is -2.86. The fraction of sp³-hybridized carbons (Fsp3) is 0.214. The first-order valence-corrected chi connectivity index (χ1v) is 5.77. The van der Waals surface area contributed by atoms with Gasteiger partial charge in [0.2, 0.25) is 0 Å². The maximum atomic E-state index is 12.0. The van der Waals surface area contributed by atoms with E-state index in [2.05, 4.69) is 9.72 Å². The lowest BCUT2D eigenvalue weighted by molar-refractivity contribution is -0.0500. The minimum absolute atomic E-state index is 0.0178. The van der Waals surface area contributed by atoms with Crippen LogP contribution in [0.5, 0.6) is 17.2 Å². The number of pyridine rings is 1. The number of aromatic nitrogens is 1. The highest BCUT2D eigenvalue weighted by Crippen LogP contribution is 2.31. The standard InChI is InChI=1S/C14H13F2NO3/c1-18-12-6-3-9(7-13(12)19-2)11-5-4-10(8-17-11)20-14(15)16/h3-8,14H,1-2H3. The summed E-state index contributed by atoms with van der Waals surface area (Å²) >= 11 is 0. The highest BCUT2D eigenvalue weighted by Gasteiger charge is 2.08. The zero-order valence-corrected chi connectivity index (χ0v) is 11.0. The van der Waals surface area contributed by atoms with Gasteiger partial charge in [0.25, 0.3) is 0 Å². The Morgan fingerprint density at radius 3 is 2.30 bits per heavy atom. The second-order valence-corrected chi connectivity index (χ2v) is 3.83. The third-order valence-electron chi connectivity index (χ3n) is 2.64. The number of rotatable bonds is 5. The van der Waals surface area contributed by atoms with E-state index in [0.717, 1.165) is 5.56 Å². The fourth-order valence-corrected chi connectivity index (χ4v) is 1.72. The van der Waals surface area contributed by atoms with Gasteiger partial charge in [0.1, 0.15) is 5.75 Å². The van der Waals surface area contributed by atoms with Crippen molar-refractivity contribution in [2.24, 2.45) is 0 Å². The van der Waals surface area contributed by atoms with Gasteiger partial charge in [-0.3, -0.25) is 4.98 Å². The SMILES string of the molecule is COc1ccc(-c2ccc(OC(F)F)cn2)cc1OC. The average Bonchev–Trinajstić information content (AvgIpc) is 2.46. The summed E-state index contributed by atoms with van der Waals surface area (Å²) in [4.78, 5) is 4.08. The highest BCUT2D eigenvalue weighted by molar-refractivity contribution is 5.64. The van der Waals surface area contributed by atoms with Gasteiger partial charge in [-0.2, -0.15) is 8.78 Å². The van der Waals surface area contributed by atoms with Gasteiger partial charge in [-0.1, -0.05) is 0 Å². The fourth-order valence-electron chi connectivity index (χ4n) is 1.72. The van der Waals surface area contributed by atoms with Crippen LogP contribution in [0.3, 0.4) is 0 Å². The first-order chi connectivity index (χ1) is 9.63. The third kappa shape index (κ3) is 3.14. The van der Waals surface area contributed by atoms with Crippen LogP contribution in [0.25, 0.3) is 11.3 Å². The van der Waals surface area contributed by atoms with E-state index in [1.54, 1.807) is 31.4 Å². The molecule has 1 aromatic carbocycles. The minimum atomic E-state index is -2.86. The van der Waals surface area contributed by atoms with Crippen molar-refractivity contribution < 1.29 is 23.0 Å². The lowest BCUT2D eigenvalue weighted by atomic mass is 10.1. The van der Waals surface area contributed by atoms with Crippen molar-refractivity contribution in [2.75, 3.05) is 14.2 Å². The van der Waals surface area contributed by atoms with Gasteiger partial charge in [-0.25, -0.2) is 0 Å². The normalized spacial score (nSPS) is 10.4. The summed E-state index contributed by atoms with van der Waals surface area (Å²) in [6, 6.07) is 8.34. The Balaban J connectivity index is 2.27. The van der Waals surface area contributed by atoms with Gasteiger partial charge in [-0.05, 0) is 30.3 Å². The lowest BCUT2D eigenvalue weighted by Crippen LogP contribution is -2.02. The molecule has 20 heavy (non-hydrogen) atoms. The van der Waals surface area contributed by atoms with Gasteiger partial charge in [0.15, 0.2) is 11.5 Å². The zero-order chi connectivity index (χ0) is 14.5. The van der Waals surface area contributed by atoms with Crippen molar-refractivity contribution in [1.82, 2.24) is 4.98 Å². The molecule has 0 saturated heterocycles. The molecule has 0 N–H and O–H groups in total. The van der Waals surface area contributed by atoms with Gasteiger partial charge in [0.05, 0.1) is 26.1 Å². The smallest absolute Gasteiger partial charge is 0.387 e. The Kier molecular flexibility index (Phi) is 4.34. The van der Waals surface area contributed by atoms with Crippen LogP contribution >= 0.6 is 0 Å². The predicted molar refractivity (Wildman–Crippen MR) is 69.4 cm³/mol. The molecule has 4 nitrogen and oxygen atoms in total. The highest BCUT2D eigenvalue weighted by atomic mass is 19.3. The molecule has 106 valence electrons. The molecular weight excluding hydrogens is 268 g/mol. The molecule has 0 atom stereocenters. The second kappa shape index (κ2) is 6.18. The van der Waals surface area contributed by atoms with E-state index in [4.69, 9.17) is 9.47 Å².